The third-order valence-corrected chi connectivity index (χ3v) is 2.78. The number of nitrogens with zero attached hydrogens (tertiary/aromatic N) is 4. The van der Waals surface area contributed by atoms with Crippen LogP contribution in [0.25, 0.3) is 0 Å². The number of aryl methyl sites for hydroxylation is 1. The molecule has 9 heteroatoms. The molecule has 0 bridgehead atoms. The summed E-state index contributed by atoms with van der Waals surface area (Å²) in [7, 11) is 0. The van der Waals surface area contributed by atoms with E-state index in [4.69, 9.17) is 5.73 Å². The Morgan fingerprint density at radius 1 is 1.48 bits per heavy atom. The van der Waals surface area contributed by atoms with Crippen molar-refractivity contribution in [3.05, 3.63) is 15.8 Å². The van der Waals surface area contributed by atoms with Gasteiger partial charge < -0.3 is 16.0 Å². The van der Waals surface area contributed by atoms with E-state index in [9.17, 15) is 14.9 Å². The van der Waals surface area contributed by atoms with Gasteiger partial charge in [-0.05, 0) is 27.7 Å². The number of rotatable bonds is 7. The van der Waals surface area contributed by atoms with Crippen molar-refractivity contribution in [2.45, 2.75) is 33.7 Å². The minimum absolute atomic E-state index is 0.0947. The SMILES string of the molecule is CCNc1nc(C)c([N+](=O)[O-])c(N(CC(N)=O)C(C)C)n1. The first kappa shape index (κ1) is 16.6. The lowest BCUT2D eigenvalue weighted by Gasteiger charge is -2.26. The predicted molar refractivity (Wildman–Crippen MR) is 79.3 cm³/mol. The van der Waals surface area contributed by atoms with Crippen molar-refractivity contribution in [1.29, 1.82) is 0 Å². The predicted octanol–water partition coefficient (Wildman–Crippen LogP) is 0.825. The van der Waals surface area contributed by atoms with Crippen LogP contribution in [0.5, 0.6) is 0 Å². The summed E-state index contributed by atoms with van der Waals surface area (Å²) in [6.45, 7) is 7.43. The average molecular weight is 296 g/mol. The molecule has 0 aliphatic carbocycles. The van der Waals surface area contributed by atoms with E-state index < -0.39 is 10.8 Å². The van der Waals surface area contributed by atoms with Gasteiger partial charge >= 0.3 is 5.69 Å². The van der Waals surface area contributed by atoms with Gasteiger partial charge in [-0.25, -0.2) is 4.98 Å². The van der Waals surface area contributed by atoms with Gasteiger partial charge in [0.25, 0.3) is 0 Å². The molecule has 0 aromatic carbocycles. The summed E-state index contributed by atoms with van der Waals surface area (Å²) >= 11 is 0. The first-order valence-corrected chi connectivity index (χ1v) is 6.59. The molecule has 0 saturated heterocycles. The fraction of sp³-hybridized carbons (Fsp3) is 0.583. The topological polar surface area (TPSA) is 127 Å². The van der Waals surface area contributed by atoms with Crippen LogP contribution in [-0.2, 0) is 4.79 Å². The lowest BCUT2D eigenvalue weighted by molar-refractivity contribution is -0.385. The molecule has 21 heavy (non-hydrogen) atoms. The fourth-order valence-electron chi connectivity index (χ4n) is 1.87. The molecule has 116 valence electrons. The van der Waals surface area contributed by atoms with Crippen LogP contribution in [-0.4, -0.2) is 39.9 Å². The molecular weight excluding hydrogens is 276 g/mol. The molecule has 3 N–H and O–H groups in total. The highest BCUT2D eigenvalue weighted by molar-refractivity contribution is 5.80. The van der Waals surface area contributed by atoms with Crippen molar-refractivity contribution in [2.75, 3.05) is 23.3 Å². The number of nitrogens with two attached hydrogens (primary N) is 1. The zero-order chi connectivity index (χ0) is 16.2. The summed E-state index contributed by atoms with van der Waals surface area (Å²) in [4.78, 5) is 31.7. The van der Waals surface area contributed by atoms with E-state index in [1.165, 1.54) is 11.8 Å². The summed E-state index contributed by atoms with van der Waals surface area (Å²) in [6.07, 6.45) is 0. The molecule has 0 saturated carbocycles. The number of carbonyl (C=O) groups excluding carboxylic acids is 1. The van der Waals surface area contributed by atoms with Crippen molar-refractivity contribution < 1.29 is 9.72 Å². The normalized spacial score (nSPS) is 10.5. The van der Waals surface area contributed by atoms with Crippen molar-refractivity contribution in [1.82, 2.24) is 9.97 Å². The summed E-state index contributed by atoms with van der Waals surface area (Å²) in [5.41, 5.74) is 5.24. The molecule has 0 aliphatic rings. The Morgan fingerprint density at radius 2 is 2.10 bits per heavy atom. The van der Waals surface area contributed by atoms with E-state index in [1.807, 2.05) is 6.92 Å². The molecule has 0 fully saturated rings. The van der Waals surface area contributed by atoms with Crippen LogP contribution in [0.1, 0.15) is 26.5 Å². The molecule has 1 heterocycles. The smallest absolute Gasteiger partial charge is 0.332 e. The standard InChI is InChI=1S/C12H20N6O3/c1-5-14-12-15-8(4)10(18(20)21)11(16-12)17(7(2)3)6-9(13)19/h7H,5-6H2,1-4H3,(H2,13,19)(H,14,15,16). The van der Waals surface area contributed by atoms with E-state index in [-0.39, 0.29) is 35.7 Å². The second-order valence-corrected chi connectivity index (χ2v) is 4.78. The zero-order valence-corrected chi connectivity index (χ0v) is 12.6. The van der Waals surface area contributed by atoms with Gasteiger partial charge in [0.1, 0.15) is 5.69 Å². The maximum atomic E-state index is 11.3. The summed E-state index contributed by atoms with van der Waals surface area (Å²) in [5.74, 6) is -0.206. The number of aromatic nitrogens is 2. The molecule has 0 unspecified atom stereocenters. The van der Waals surface area contributed by atoms with Gasteiger partial charge in [0.05, 0.1) is 11.5 Å². The zero-order valence-electron chi connectivity index (χ0n) is 12.6. The minimum atomic E-state index is -0.584. The van der Waals surface area contributed by atoms with Crippen LogP contribution < -0.4 is 16.0 Å². The molecule has 1 aromatic rings. The number of hydrogen-bond donors (Lipinski definition) is 2. The van der Waals surface area contributed by atoms with Gasteiger partial charge in [0.2, 0.25) is 17.7 Å². The minimum Gasteiger partial charge on any atom is -0.368 e. The number of nitro groups is 1. The number of primary amides is 1. The summed E-state index contributed by atoms with van der Waals surface area (Å²) < 4.78 is 0. The van der Waals surface area contributed by atoms with Crippen molar-refractivity contribution in [2.24, 2.45) is 5.73 Å². The highest BCUT2D eigenvalue weighted by Crippen LogP contribution is 2.30. The van der Waals surface area contributed by atoms with Crippen molar-refractivity contribution in [3.8, 4) is 0 Å². The van der Waals surface area contributed by atoms with E-state index in [1.54, 1.807) is 13.8 Å². The van der Waals surface area contributed by atoms with Crippen LogP contribution in [0, 0.1) is 17.0 Å². The maximum Gasteiger partial charge on any atom is 0.332 e. The largest absolute Gasteiger partial charge is 0.368 e. The molecule has 1 amide bonds. The van der Waals surface area contributed by atoms with Crippen molar-refractivity contribution >= 4 is 23.4 Å². The third-order valence-electron chi connectivity index (χ3n) is 2.78. The summed E-state index contributed by atoms with van der Waals surface area (Å²) in [6, 6.07) is -0.181. The summed E-state index contributed by atoms with van der Waals surface area (Å²) in [5, 5.41) is 14.2. The second kappa shape index (κ2) is 6.82. The Hall–Kier alpha value is -2.45. The van der Waals surface area contributed by atoms with Gasteiger partial charge in [-0.1, -0.05) is 0 Å². The van der Waals surface area contributed by atoms with Crippen LogP contribution in [0.3, 0.4) is 0 Å². The number of hydrogen-bond acceptors (Lipinski definition) is 7. The Morgan fingerprint density at radius 3 is 2.52 bits per heavy atom. The molecule has 0 aliphatic heterocycles. The van der Waals surface area contributed by atoms with Crippen LogP contribution in [0.2, 0.25) is 0 Å². The fourth-order valence-corrected chi connectivity index (χ4v) is 1.87. The molecule has 0 radical (unpaired) electrons. The Kier molecular flexibility index (Phi) is 5.39. The van der Waals surface area contributed by atoms with E-state index >= 15 is 0 Å². The number of nitrogens with one attached hydrogen (secondary N) is 1. The Labute approximate surface area is 122 Å². The highest BCUT2D eigenvalue weighted by atomic mass is 16.6. The van der Waals surface area contributed by atoms with Crippen molar-refractivity contribution in [3.63, 3.8) is 0 Å². The first-order chi connectivity index (χ1) is 9.77. The van der Waals surface area contributed by atoms with E-state index in [0.717, 1.165) is 0 Å². The highest BCUT2D eigenvalue weighted by Gasteiger charge is 2.28. The Balaban J connectivity index is 3.46. The maximum absolute atomic E-state index is 11.3. The Bertz CT molecular complexity index is 546. The van der Waals surface area contributed by atoms with Crippen LogP contribution in [0.15, 0.2) is 0 Å². The average Bonchev–Trinajstić information content (AvgIpc) is 2.34. The van der Waals surface area contributed by atoms with Gasteiger partial charge in [-0.3, -0.25) is 14.9 Å². The van der Waals surface area contributed by atoms with E-state index in [0.29, 0.717) is 6.54 Å². The first-order valence-electron chi connectivity index (χ1n) is 6.59. The van der Waals surface area contributed by atoms with Gasteiger partial charge in [-0.2, -0.15) is 4.98 Å². The number of anilines is 2. The number of carbonyl (C=O) groups is 1. The molecular formula is C12H20N6O3. The van der Waals surface area contributed by atoms with Gasteiger partial charge in [0, 0.05) is 12.6 Å². The van der Waals surface area contributed by atoms with E-state index in [2.05, 4.69) is 15.3 Å². The second-order valence-electron chi connectivity index (χ2n) is 4.78. The molecule has 1 rings (SSSR count). The lowest BCUT2D eigenvalue weighted by Crippen LogP contribution is -2.39. The molecule has 9 nitrogen and oxygen atoms in total. The molecule has 0 atom stereocenters. The van der Waals surface area contributed by atoms with Crippen LogP contribution >= 0.6 is 0 Å². The molecule has 0 spiro atoms. The third kappa shape index (κ3) is 4.01. The van der Waals surface area contributed by atoms with Crippen LogP contribution in [0.4, 0.5) is 17.5 Å². The quantitative estimate of drug-likeness (QED) is 0.563. The molecule has 1 aromatic heterocycles. The van der Waals surface area contributed by atoms with Gasteiger partial charge in [0.15, 0.2) is 0 Å². The lowest BCUT2D eigenvalue weighted by atomic mass is 10.2. The monoisotopic (exact) mass is 296 g/mol. The number of amides is 1. The van der Waals surface area contributed by atoms with Gasteiger partial charge in [-0.15, -0.1) is 0 Å².